The minimum Gasteiger partial charge on any atom is -0.462 e. The van der Waals surface area contributed by atoms with Crippen LogP contribution in [0.4, 0.5) is 0 Å². The van der Waals surface area contributed by atoms with E-state index in [-0.39, 0.29) is 47.2 Å². The van der Waals surface area contributed by atoms with Crippen LogP contribution in [0.15, 0.2) is 11.6 Å². The largest absolute Gasteiger partial charge is 0.462 e. The highest BCUT2D eigenvalue weighted by molar-refractivity contribution is 5.85. The maximum absolute atomic E-state index is 12.9. The molecule has 0 aliphatic heterocycles. The fourth-order valence-electron chi connectivity index (χ4n) is 7.77. The van der Waals surface area contributed by atoms with Gasteiger partial charge in [-0.25, -0.2) is 0 Å². The number of allylic oxidation sites excluding steroid dienone is 1. The number of Topliss-reactive ketones (excluding diaryl/α,β-unsaturated/α-hetero) is 1. The smallest absolute Gasteiger partial charge is 0.303 e. The molecule has 0 bridgehead atoms. The van der Waals surface area contributed by atoms with Crippen LogP contribution < -0.4 is 0 Å². The van der Waals surface area contributed by atoms with Crippen LogP contribution in [-0.4, -0.2) is 30.4 Å². The Morgan fingerprint density at radius 1 is 1.00 bits per heavy atom. The highest BCUT2D eigenvalue weighted by atomic mass is 16.5. The maximum atomic E-state index is 12.9. The zero-order valence-electron chi connectivity index (χ0n) is 18.9. The first kappa shape index (κ1) is 21.6. The monoisotopic (exact) mass is 416 g/mol. The number of carbonyl (C=O) groups excluding carboxylic acids is 3. The van der Waals surface area contributed by atoms with Crippen molar-refractivity contribution in [2.24, 2.45) is 34.5 Å². The van der Waals surface area contributed by atoms with Crippen molar-refractivity contribution in [1.82, 2.24) is 0 Å². The number of carbonyl (C=O) groups is 3. The summed E-state index contributed by atoms with van der Waals surface area (Å²) in [5.41, 5.74) is 1.71. The predicted octanol–water partition coefficient (Wildman–Crippen LogP) is 4.63. The quantitative estimate of drug-likeness (QED) is 0.494. The zero-order valence-corrected chi connectivity index (χ0v) is 18.9. The number of fused-ring (bicyclic) bond motifs is 5. The number of hydrogen-bond donors (Lipinski definition) is 0. The number of ketones is 1. The Kier molecular flexibility index (Phi) is 5.61. The third kappa shape index (κ3) is 3.52. The van der Waals surface area contributed by atoms with Crippen LogP contribution in [0.25, 0.3) is 0 Å². The molecule has 0 unspecified atom stereocenters. The average Bonchev–Trinajstić information content (AvgIpc) is 3.03. The normalized spacial score (nSPS) is 42.3. The van der Waals surface area contributed by atoms with Gasteiger partial charge in [0.15, 0.2) is 5.78 Å². The van der Waals surface area contributed by atoms with Crippen molar-refractivity contribution >= 4 is 17.7 Å². The van der Waals surface area contributed by atoms with Gasteiger partial charge in [-0.15, -0.1) is 0 Å². The van der Waals surface area contributed by atoms with Gasteiger partial charge in [-0.2, -0.15) is 0 Å². The molecule has 0 amide bonds. The number of esters is 2. The molecule has 0 aromatic rings. The summed E-state index contributed by atoms with van der Waals surface area (Å²) in [6.07, 6.45) is 10.7. The van der Waals surface area contributed by atoms with Gasteiger partial charge in [0.25, 0.3) is 0 Å². The predicted molar refractivity (Wildman–Crippen MR) is 112 cm³/mol. The molecule has 4 aliphatic rings. The van der Waals surface area contributed by atoms with Crippen LogP contribution in [0.2, 0.25) is 0 Å². The van der Waals surface area contributed by atoms with E-state index in [2.05, 4.69) is 19.9 Å². The maximum Gasteiger partial charge on any atom is 0.303 e. The van der Waals surface area contributed by atoms with E-state index in [0.29, 0.717) is 17.8 Å². The summed E-state index contributed by atoms with van der Waals surface area (Å²) in [5, 5.41) is 0. The fraction of sp³-hybridized carbons (Fsp3) is 0.800. The lowest BCUT2D eigenvalue weighted by molar-refractivity contribution is -0.150. The first-order valence-corrected chi connectivity index (χ1v) is 11.7. The Balaban J connectivity index is 1.51. The molecule has 5 nitrogen and oxygen atoms in total. The summed E-state index contributed by atoms with van der Waals surface area (Å²) in [6.45, 7) is 7.54. The van der Waals surface area contributed by atoms with E-state index in [0.717, 1.165) is 51.4 Å². The Bertz CT molecular complexity index is 770. The van der Waals surface area contributed by atoms with Gasteiger partial charge in [-0.3, -0.25) is 14.4 Å². The molecule has 7 atom stereocenters. The average molecular weight is 417 g/mol. The van der Waals surface area contributed by atoms with E-state index >= 15 is 0 Å². The van der Waals surface area contributed by atoms with Crippen LogP contribution in [0.5, 0.6) is 0 Å². The Labute approximate surface area is 179 Å². The molecule has 0 spiro atoms. The van der Waals surface area contributed by atoms with E-state index in [9.17, 15) is 14.4 Å². The lowest BCUT2D eigenvalue weighted by atomic mass is 9.47. The van der Waals surface area contributed by atoms with Crippen molar-refractivity contribution in [3.63, 3.8) is 0 Å². The minimum atomic E-state index is -0.381. The van der Waals surface area contributed by atoms with Gasteiger partial charge in [0.2, 0.25) is 0 Å². The van der Waals surface area contributed by atoms with Gasteiger partial charge >= 0.3 is 11.9 Å². The molecule has 4 rings (SSSR count). The highest BCUT2D eigenvalue weighted by Crippen LogP contribution is 2.66. The molecule has 5 heteroatoms. The standard InChI is InChI=1S/C25H36O5/c1-15(26)29-14-23(28)22-8-7-20-19-6-5-17-13-18(30-16(2)27)9-11-24(17,3)21(19)10-12-25(20,22)4/h5,18-22H,6-14H2,1-4H3/t18-,19+,20+,21+,22-,24-,25-/m0/s1. The first-order chi connectivity index (χ1) is 14.1. The second kappa shape index (κ2) is 7.80. The molecule has 0 saturated heterocycles. The summed E-state index contributed by atoms with van der Waals surface area (Å²) in [5.74, 6) is 1.39. The molecule has 0 radical (unpaired) electrons. The molecular weight excluding hydrogens is 380 g/mol. The van der Waals surface area contributed by atoms with Crippen molar-refractivity contribution in [2.45, 2.75) is 85.2 Å². The molecule has 0 N–H and O–H groups in total. The zero-order chi connectivity index (χ0) is 21.7. The van der Waals surface area contributed by atoms with Gasteiger partial charge in [0.05, 0.1) is 0 Å². The molecule has 166 valence electrons. The number of rotatable bonds is 4. The van der Waals surface area contributed by atoms with E-state index < -0.39 is 0 Å². The third-order valence-corrected chi connectivity index (χ3v) is 9.20. The highest BCUT2D eigenvalue weighted by Gasteiger charge is 2.59. The van der Waals surface area contributed by atoms with Gasteiger partial charge < -0.3 is 9.47 Å². The lowest BCUT2D eigenvalue weighted by Crippen LogP contribution is -2.51. The van der Waals surface area contributed by atoms with E-state index in [1.54, 1.807) is 0 Å². The summed E-state index contributed by atoms with van der Waals surface area (Å²) < 4.78 is 10.6. The van der Waals surface area contributed by atoms with Crippen LogP contribution in [0, 0.1) is 34.5 Å². The second-order valence-corrected chi connectivity index (χ2v) is 10.7. The summed E-state index contributed by atoms with van der Waals surface area (Å²) in [7, 11) is 0. The molecule has 3 saturated carbocycles. The molecule has 4 aliphatic carbocycles. The van der Waals surface area contributed by atoms with Gasteiger partial charge in [0.1, 0.15) is 12.7 Å². The number of ether oxygens (including phenoxy) is 2. The van der Waals surface area contributed by atoms with E-state index in [1.807, 2.05) is 0 Å². The van der Waals surface area contributed by atoms with Crippen LogP contribution in [-0.2, 0) is 23.9 Å². The van der Waals surface area contributed by atoms with Crippen LogP contribution >= 0.6 is 0 Å². The lowest BCUT2D eigenvalue weighted by Gasteiger charge is -2.58. The fourth-order valence-corrected chi connectivity index (χ4v) is 7.77. The van der Waals surface area contributed by atoms with Gasteiger partial charge in [0, 0.05) is 26.2 Å². The Morgan fingerprint density at radius 3 is 2.47 bits per heavy atom. The molecule has 3 fully saturated rings. The summed E-state index contributed by atoms with van der Waals surface area (Å²) >= 11 is 0. The van der Waals surface area contributed by atoms with Crippen molar-refractivity contribution in [2.75, 3.05) is 6.61 Å². The van der Waals surface area contributed by atoms with Crippen molar-refractivity contribution < 1.29 is 23.9 Å². The van der Waals surface area contributed by atoms with Crippen molar-refractivity contribution in [3.05, 3.63) is 11.6 Å². The molecule has 30 heavy (non-hydrogen) atoms. The first-order valence-electron chi connectivity index (χ1n) is 11.7. The second-order valence-electron chi connectivity index (χ2n) is 10.7. The van der Waals surface area contributed by atoms with Crippen molar-refractivity contribution in [3.8, 4) is 0 Å². The van der Waals surface area contributed by atoms with Gasteiger partial charge in [-0.1, -0.05) is 25.5 Å². The SMILES string of the molecule is CC(=O)OCC(=O)[C@@H]1CC[C@@H]2[C@H]3CC=C4C[C@@H](OC(C)=O)CC[C@]4(C)[C@@H]3CC[C@@]21C. The van der Waals surface area contributed by atoms with Crippen LogP contribution in [0.1, 0.15) is 79.1 Å². The molecule has 0 heterocycles. The topological polar surface area (TPSA) is 69.7 Å². The molecule has 0 aromatic heterocycles. The van der Waals surface area contributed by atoms with E-state index in [1.165, 1.54) is 19.4 Å². The third-order valence-electron chi connectivity index (χ3n) is 9.20. The minimum absolute atomic E-state index is 0.0145. The van der Waals surface area contributed by atoms with E-state index in [4.69, 9.17) is 9.47 Å². The summed E-state index contributed by atoms with van der Waals surface area (Å²) in [4.78, 5) is 35.4. The Morgan fingerprint density at radius 2 is 1.77 bits per heavy atom. The number of hydrogen-bond acceptors (Lipinski definition) is 5. The summed E-state index contributed by atoms with van der Waals surface area (Å²) in [6, 6.07) is 0. The Hall–Kier alpha value is -1.65. The molecular formula is C25H36O5. The van der Waals surface area contributed by atoms with Gasteiger partial charge in [-0.05, 0) is 73.5 Å². The van der Waals surface area contributed by atoms with Crippen molar-refractivity contribution in [1.29, 1.82) is 0 Å². The molecule has 0 aromatic carbocycles. The van der Waals surface area contributed by atoms with Crippen LogP contribution in [0.3, 0.4) is 0 Å².